The lowest BCUT2D eigenvalue weighted by molar-refractivity contribution is -0.137. The maximum absolute atomic E-state index is 12.1. The first-order valence-corrected chi connectivity index (χ1v) is 8.18. The molecule has 0 aliphatic rings. The quantitative estimate of drug-likeness (QED) is 0.630. The average Bonchev–Trinajstić information content (AvgIpc) is 2.42. The highest BCUT2D eigenvalue weighted by molar-refractivity contribution is 7.58. The fourth-order valence-electron chi connectivity index (χ4n) is 1.76. The summed E-state index contributed by atoms with van der Waals surface area (Å²) < 4.78 is 17.1. The van der Waals surface area contributed by atoms with E-state index in [1.54, 1.807) is 25.3 Å². The Morgan fingerprint density at radius 2 is 2.20 bits per heavy atom. The molecule has 0 aliphatic carbocycles. The minimum atomic E-state index is -3.56. The van der Waals surface area contributed by atoms with Crippen LogP contribution in [0.2, 0.25) is 0 Å². The van der Waals surface area contributed by atoms with Gasteiger partial charge in [0.05, 0.1) is 12.9 Å². The molecule has 0 radical (unpaired) electrons. The van der Waals surface area contributed by atoms with Crippen molar-refractivity contribution in [2.45, 2.75) is 25.0 Å². The Morgan fingerprint density at radius 1 is 1.50 bits per heavy atom. The number of hydrogen-bond acceptors (Lipinski definition) is 4. The smallest absolute Gasteiger partial charge is 0.303 e. The second-order valence-electron chi connectivity index (χ2n) is 4.58. The zero-order valence-electron chi connectivity index (χ0n) is 11.4. The van der Waals surface area contributed by atoms with Crippen LogP contribution in [0.5, 0.6) is 5.75 Å². The van der Waals surface area contributed by atoms with Gasteiger partial charge >= 0.3 is 5.97 Å². The first-order valence-electron chi connectivity index (χ1n) is 6.27. The van der Waals surface area contributed by atoms with Gasteiger partial charge in [-0.3, -0.25) is 9.36 Å². The Hall–Kier alpha value is -1.36. The maximum atomic E-state index is 12.1. The van der Waals surface area contributed by atoms with Crippen LogP contribution in [-0.2, 0) is 15.8 Å². The summed E-state index contributed by atoms with van der Waals surface area (Å²) in [5.74, 6) is -1.33. The molecule has 0 aliphatic heterocycles. The van der Waals surface area contributed by atoms with Crippen molar-refractivity contribution in [1.82, 2.24) is 0 Å². The predicted molar refractivity (Wildman–Crippen MR) is 76.2 cm³/mol. The van der Waals surface area contributed by atoms with Crippen molar-refractivity contribution in [3.05, 3.63) is 29.8 Å². The fraction of sp³-hybridized carbons (Fsp3) is 0.462. The molecule has 7 heteroatoms. The lowest BCUT2D eigenvalue weighted by atomic mass is 10.2. The van der Waals surface area contributed by atoms with E-state index >= 15 is 0 Å². The molecule has 0 amide bonds. The zero-order chi connectivity index (χ0) is 15.2. The molecule has 0 spiro atoms. The molecule has 0 saturated heterocycles. The first kappa shape index (κ1) is 16.7. The van der Waals surface area contributed by atoms with Crippen LogP contribution in [0.4, 0.5) is 0 Å². The minimum absolute atomic E-state index is 0.00121. The third-order valence-electron chi connectivity index (χ3n) is 3.03. The van der Waals surface area contributed by atoms with Crippen LogP contribution in [0.1, 0.15) is 18.4 Å². The molecule has 0 heterocycles. The molecule has 1 rings (SSSR count). The van der Waals surface area contributed by atoms with E-state index in [9.17, 15) is 14.3 Å². The molecular weight excluding hydrogens is 281 g/mol. The van der Waals surface area contributed by atoms with Crippen molar-refractivity contribution in [2.24, 2.45) is 5.73 Å². The summed E-state index contributed by atoms with van der Waals surface area (Å²) in [5, 5.41) is 8.55. The third kappa shape index (κ3) is 5.33. The molecule has 112 valence electrons. The average molecular weight is 301 g/mol. The van der Waals surface area contributed by atoms with Crippen LogP contribution in [0.15, 0.2) is 24.3 Å². The van der Waals surface area contributed by atoms with Crippen LogP contribution >= 0.6 is 7.37 Å². The van der Waals surface area contributed by atoms with Gasteiger partial charge in [-0.05, 0) is 30.5 Å². The van der Waals surface area contributed by atoms with Crippen molar-refractivity contribution in [2.75, 3.05) is 13.3 Å². The number of methoxy groups -OCH3 is 1. The van der Waals surface area contributed by atoms with Crippen molar-refractivity contribution in [1.29, 1.82) is 0 Å². The van der Waals surface area contributed by atoms with Gasteiger partial charge in [0.2, 0.25) is 7.37 Å². The minimum Gasteiger partial charge on any atom is -0.497 e. The standard InChI is InChI=1S/C13H20NO5P/c1-19-11-4-2-3-10(9-11)7-8-20(17,18)12(14)5-6-13(15)16/h2-4,9,12H,5-8,14H2,1H3,(H,15,16)(H,17,18). The van der Waals surface area contributed by atoms with Crippen LogP contribution in [-0.4, -0.2) is 35.0 Å². The number of carboxylic acid groups (broad SMARTS) is 1. The van der Waals surface area contributed by atoms with Crippen molar-refractivity contribution in [3.63, 3.8) is 0 Å². The zero-order valence-corrected chi connectivity index (χ0v) is 12.3. The number of rotatable bonds is 8. The number of benzene rings is 1. The maximum Gasteiger partial charge on any atom is 0.303 e. The number of hydrogen-bond donors (Lipinski definition) is 3. The van der Waals surface area contributed by atoms with E-state index in [1.165, 1.54) is 0 Å². The van der Waals surface area contributed by atoms with Gasteiger partial charge < -0.3 is 20.5 Å². The fourth-order valence-corrected chi connectivity index (χ4v) is 3.20. The van der Waals surface area contributed by atoms with Gasteiger partial charge in [-0.2, -0.15) is 0 Å². The molecule has 0 aromatic heterocycles. The Kier molecular flexibility index (Phi) is 6.20. The van der Waals surface area contributed by atoms with Gasteiger partial charge in [0, 0.05) is 12.6 Å². The van der Waals surface area contributed by atoms with Gasteiger partial charge in [0.15, 0.2) is 0 Å². The van der Waals surface area contributed by atoms with Crippen molar-refractivity contribution >= 4 is 13.3 Å². The van der Waals surface area contributed by atoms with Gasteiger partial charge in [0.1, 0.15) is 5.75 Å². The molecule has 0 fully saturated rings. The second kappa shape index (κ2) is 7.43. The molecule has 0 saturated carbocycles. The summed E-state index contributed by atoms with van der Waals surface area (Å²) in [6.07, 6.45) is 0.221. The molecule has 1 aromatic carbocycles. The van der Waals surface area contributed by atoms with Crippen LogP contribution in [0.25, 0.3) is 0 Å². The van der Waals surface area contributed by atoms with E-state index in [0.29, 0.717) is 12.2 Å². The van der Waals surface area contributed by atoms with E-state index in [4.69, 9.17) is 15.6 Å². The molecule has 4 N–H and O–H groups in total. The molecule has 6 nitrogen and oxygen atoms in total. The summed E-state index contributed by atoms with van der Waals surface area (Å²) >= 11 is 0. The summed E-state index contributed by atoms with van der Waals surface area (Å²) in [4.78, 5) is 20.3. The number of ether oxygens (including phenoxy) is 1. The Labute approximate surface area is 118 Å². The normalized spacial score (nSPS) is 15.3. The largest absolute Gasteiger partial charge is 0.497 e. The van der Waals surface area contributed by atoms with E-state index in [1.807, 2.05) is 6.07 Å². The number of aliphatic carboxylic acids is 1. The summed E-state index contributed by atoms with van der Waals surface area (Å²) in [5.41, 5.74) is 6.50. The Bertz CT molecular complexity index is 505. The molecular formula is C13H20NO5P. The number of aryl methyl sites for hydroxylation is 1. The molecule has 2 unspecified atom stereocenters. The third-order valence-corrected chi connectivity index (χ3v) is 5.19. The molecule has 0 bridgehead atoms. The van der Waals surface area contributed by atoms with E-state index in [-0.39, 0.29) is 19.0 Å². The van der Waals surface area contributed by atoms with E-state index in [0.717, 1.165) is 5.56 Å². The van der Waals surface area contributed by atoms with Crippen LogP contribution in [0, 0.1) is 0 Å². The van der Waals surface area contributed by atoms with Crippen LogP contribution < -0.4 is 10.5 Å². The van der Waals surface area contributed by atoms with Gasteiger partial charge in [-0.1, -0.05) is 12.1 Å². The molecule has 1 aromatic rings. The van der Waals surface area contributed by atoms with Gasteiger partial charge in [0.25, 0.3) is 0 Å². The number of carboxylic acids is 1. The van der Waals surface area contributed by atoms with Crippen molar-refractivity contribution < 1.29 is 24.1 Å². The summed E-state index contributed by atoms with van der Waals surface area (Å²) in [7, 11) is -2.00. The number of carbonyl (C=O) groups is 1. The predicted octanol–water partition coefficient (Wildman–Crippen LogP) is 1.66. The van der Waals surface area contributed by atoms with Crippen molar-refractivity contribution in [3.8, 4) is 5.75 Å². The van der Waals surface area contributed by atoms with E-state index in [2.05, 4.69) is 0 Å². The topological polar surface area (TPSA) is 110 Å². The lowest BCUT2D eigenvalue weighted by Gasteiger charge is -2.18. The summed E-state index contributed by atoms with van der Waals surface area (Å²) in [6.45, 7) is 0. The van der Waals surface area contributed by atoms with Gasteiger partial charge in [-0.25, -0.2) is 0 Å². The lowest BCUT2D eigenvalue weighted by Crippen LogP contribution is -2.23. The molecule has 2 atom stereocenters. The Morgan fingerprint density at radius 3 is 2.80 bits per heavy atom. The number of nitrogens with two attached hydrogens (primary N) is 1. The highest BCUT2D eigenvalue weighted by Gasteiger charge is 2.27. The SMILES string of the molecule is COc1cccc(CCP(=O)(O)C(N)CCC(=O)O)c1. The first-order chi connectivity index (χ1) is 9.35. The summed E-state index contributed by atoms with van der Waals surface area (Å²) in [6, 6.07) is 7.23. The molecule has 20 heavy (non-hydrogen) atoms. The monoisotopic (exact) mass is 301 g/mol. The highest BCUT2D eigenvalue weighted by Crippen LogP contribution is 2.46. The van der Waals surface area contributed by atoms with E-state index < -0.39 is 19.1 Å². The Balaban J connectivity index is 2.57. The highest BCUT2D eigenvalue weighted by atomic mass is 31.2. The van der Waals surface area contributed by atoms with Crippen LogP contribution in [0.3, 0.4) is 0 Å². The second-order valence-corrected chi connectivity index (χ2v) is 7.20. The van der Waals surface area contributed by atoms with Gasteiger partial charge in [-0.15, -0.1) is 0 Å².